The van der Waals surface area contributed by atoms with Crippen LogP contribution < -0.4 is 29.6 Å². The van der Waals surface area contributed by atoms with Crippen molar-refractivity contribution in [1.82, 2.24) is 0 Å². The number of carbonyl (C=O) groups is 1. The van der Waals surface area contributed by atoms with Gasteiger partial charge in [0, 0.05) is 5.56 Å². The van der Waals surface area contributed by atoms with Gasteiger partial charge in [0.25, 0.3) is 0 Å². The van der Waals surface area contributed by atoms with Crippen LogP contribution >= 0.6 is 63.7 Å². The minimum absolute atomic E-state index is 0. The van der Waals surface area contributed by atoms with Crippen LogP contribution in [0.1, 0.15) is 23.6 Å². The molecule has 0 radical (unpaired) electrons. The summed E-state index contributed by atoms with van der Waals surface area (Å²) in [6.45, 7) is 3.47. The summed E-state index contributed by atoms with van der Waals surface area (Å²) in [6.07, 6.45) is 1.60. The molecule has 5 nitrogen and oxygen atoms in total. The largest absolute Gasteiger partial charge is 1.00 e. The smallest absolute Gasteiger partial charge is 0.744 e. The molecule has 0 saturated carbocycles. The van der Waals surface area contributed by atoms with E-state index in [1.807, 2.05) is 0 Å². The summed E-state index contributed by atoms with van der Waals surface area (Å²) in [5.41, 5.74) is 2.90. The molecule has 1 aliphatic rings. The molecule has 2 aromatic carbocycles. The first-order valence-electron chi connectivity index (χ1n) is 8.62. The standard InChI is InChI=1S/C21H14Br4O5S.Na/c1-9-12(7-14(22)20(26)18(9)24)17(11-5-3-4-6-16(11)31(28,29)30)13-8-15(23)21(27)19(25)10(13)2;/h3-8,26H,1-2H3,(H,28,29,30);/q;+1/p-1/b17-13-;. The number of phenolic OH excluding ortho intramolecular Hbond substituents is 1. The molecule has 0 aliphatic heterocycles. The van der Waals surface area contributed by atoms with Crippen LogP contribution in [0.2, 0.25) is 0 Å². The third-order valence-electron chi connectivity index (χ3n) is 4.82. The molecule has 0 spiro atoms. The van der Waals surface area contributed by atoms with Crippen LogP contribution in [0.5, 0.6) is 5.75 Å². The average molecular weight is 720 g/mol. The summed E-state index contributed by atoms with van der Waals surface area (Å²) >= 11 is 13.3. The number of ketones is 1. The molecule has 32 heavy (non-hydrogen) atoms. The van der Waals surface area contributed by atoms with E-state index in [1.165, 1.54) is 12.1 Å². The van der Waals surface area contributed by atoms with Crippen molar-refractivity contribution in [3.63, 3.8) is 0 Å². The molecule has 0 fully saturated rings. The molecular formula is C21H13Br4NaO5S. The number of hydrogen-bond donors (Lipinski definition) is 1. The van der Waals surface area contributed by atoms with E-state index >= 15 is 0 Å². The van der Waals surface area contributed by atoms with Gasteiger partial charge in [-0.2, -0.15) is 0 Å². The third-order valence-corrected chi connectivity index (χ3v) is 8.84. The predicted octanol–water partition coefficient (Wildman–Crippen LogP) is 3.47. The Morgan fingerprint density at radius 3 is 2.22 bits per heavy atom. The van der Waals surface area contributed by atoms with Gasteiger partial charge < -0.3 is 9.66 Å². The van der Waals surface area contributed by atoms with Crippen molar-refractivity contribution >= 4 is 85.2 Å². The van der Waals surface area contributed by atoms with E-state index in [9.17, 15) is 22.9 Å². The van der Waals surface area contributed by atoms with Crippen molar-refractivity contribution in [2.45, 2.75) is 18.7 Å². The monoisotopic (exact) mass is 716 g/mol. The zero-order valence-corrected chi connectivity index (χ0v) is 26.1. The van der Waals surface area contributed by atoms with Crippen LogP contribution in [0.4, 0.5) is 0 Å². The molecular weight excluding hydrogens is 707 g/mol. The van der Waals surface area contributed by atoms with Gasteiger partial charge in [0.15, 0.2) is 0 Å². The second-order valence-electron chi connectivity index (χ2n) is 6.69. The Hall–Kier alpha value is -0.0400. The molecule has 0 heterocycles. The molecule has 1 N–H and O–H groups in total. The third kappa shape index (κ3) is 5.28. The number of phenols is 1. The number of hydrogen-bond acceptors (Lipinski definition) is 5. The maximum absolute atomic E-state index is 12.4. The van der Waals surface area contributed by atoms with Crippen molar-refractivity contribution < 1.29 is 52.4 Å². The van der Waals surface area contributed by atoms with Gasteiger partial charge >= 0.3 is 29.6 Å². The Kier molecular flexibility index (Phi) is 9.43. The minimum Gasteiger partial charge on any atom is -0.744 e. The van der Waals surface area contributed by atoms with Crippen molar-refractivity contribution in [3.05, 3.63) is 82.2 Å². The molecule has 0 bridgehead atoms. The summed E-state index contributed by atoms with van der Waals surface area (Å²) < 4.78 is 37.6. The van der Waals surface area contributed by atoms with Gasteiger partial charge in [0.2, 0.25) is 5.78 Å². The Labute approximate surface area is 241 Å². The van der Waals surface area contributed by atoms with Crippen LogP contribution in [-0.4, -0.2) is 23.9 Å². The fourth-order valence-corrected chi connectivity index (χ4v) is 6.17. The van der Waals surface area contributed by atoms with Crippen molar-refractivity contribution in [1.29, 1.82) is 0 Å². The first-order valence-corrected chi connectivity index (χ1v) is 13.2. The number of halogens is 4. The molecule has 1 aliphatic carbocycles. The maximum atomic E-state index is 12.4. The number of carbonyl (C=O) groups excluding carboxylic acids is 1. The van der Waals surface area contributed by atoms with Crippen LogP contribution in [0, 0.1) is 6.92 Å². The number of rotatable bonds is 3. The van der Waals surface area contributed by atoms with Gasteiger partial charge in [-0.3, -0.25) is 4.79 Å². The Bertz CT molecular complexity index is 1340. The topological polar surface area (TPSA) is 94.5 Å². The van der Waals surface area contributed by atoms with Crippen LogP contribution in [0.15, 0.2) is 70.4 Å². The van der Waals surface area contributed by atoms with E-state index in [-0.39, 0.29) is 56.0 Å². The summed E-state index contributed by atoms with van der Waals surface area (Å²) in [4.78, 5) is 12.0. The predicted molar refractivity (Wildman–Crippen MR) is 132 cm³/mol. The normalized spacial score (nSPS) is 16.0. The fourth-order valence-electron chi connectivity index (χ4n) is 3.24. The molecule has 0 amide bonds. The molecule has 0 aromatic heterocycles. The van der Waals surface area contributed by atoms with Crippen LogP contribution in [0.3, 0.4) is 0 Å². The zero-order chi connectivity index (χ0) is 23.2. The maximum Gasteiger partial charge on any atom is 1.00 e. The first kappa shape index (κ1) is 28.2. The molecule has 0 atom stereocenters. The Morgan fingerprint density at radius 1 is 1.03 bits per heavy atom. The van der Waals surface area contributed by atoms with Crippen LogP contribution in [-0.2, 0) is 14.9 Å². The number of benzene rings is 2. The molecule has 0 saturated heterocycles. The van der Waals surface area contributed by atoms with Crippen LogP contribution in [0.25, 0.3) is 5.57 Å². The van der Waals surface area contributed by atoms with Crippen molar-refractivity contribution in [2.24, 2.45) is 0 Å². The quantitative estimate of drug-likeness (QED) is 0.388. The van der Waals surface area contributed by atoms with Gasteiger partial charge in [0.1, 0.15) is 15.9 Å². The molecule has 11 heteroatoms. The minimum atomic E-state index is -4.81. The van der Waals surface area contributed by atoms with Gasteiger partial charge in [-0.05, 0) is 124 Å². The van der Waals surface area contributed by atoms with E-state index in [2.05, 4.69) is 63.7 Å². The Balaban J connectivity index is 0.00000363. The van der Waals surface area contributed by atoms with Gasteiger partial charge in [-0.25, -0.2) is 8.42 Å². The number of allylic oxidation sites excluding steroid dienone is 5. The number of Topliss-reactive ketones (excluding diaryl/α,β-unsaturated/α-hetero) is 1. The van der Waals surface area contributed by atoms with E-state index in [1.54, 1.807) is 38.1 Å². The van der Waals surface area contributed by atoms with E-state index in [0.717, 1.165) is 0 Å². The van der Waals surface area contributed by atoms with Gasteiger partial charge in [-0.15, -0.1) is 0 Å². The zero-order valence-electron chi connectivity index (χ0n) is 17.0. The fraction of sp³-hybridized carbons (Fsp3) is 0.0952. The van der Waals surface area contributed by atoms with Gasteiger partial charge in [0.05, 0.1) is 22.8 Å². The molecule has 0 unspecified atom stereocenters. The second-order valence-corrected chi connectivity index (χ2v) is 11.3. The SMILES string of the molecule is CC1=C(Br)C(=O)C(Br)=C/C1=C(\c1ccccc1S(=O)(=O)[O-])c1cc(Br)c(O)c(Br)c1C.[Na+]. The molecule has 162 valence electrons. The van der Waals surface area contributed by atoms with E-state index < -0.39 is 10.1 Å². The first-order chi connectivity index (χ1) is 14.4. The summed E-state index contributed by atoms with van der Waals surface area (Å²) in [5.74, 6) is -0.269. The van der Waals surface area contributed by atoms with Gasteiger partial charge in [-0.1, -0.05) is 18.2 Å². The van der Waals surface area contributed by atoms with E-state index in [0.29, 0.717) is 41.3 Å². The number of aromatic hydroxyl groups is 1. The molecule has 3 rings (SSSR count). The molecule has 2 aromatic rings. The van der Waals surface area contributed by atoms with Crippen molar-refractivity contribution in [3.8, 4) is 5.75 Å². The van der Waals surface area contributed by atoms with E-state index in [4.69, 9.17) is 0 Å². The average Bonchev–Trinajstić information content (AvgIpc) is 2.72. The van der Waals surface area contributed by atoms with Crippen molar-refractivity contribution in [2.75, 3.05) is 0 Å². The summed E-state index contributed by atoms with van der Waals surface area (Å²) in [6, 6.07) is 7.54. The summed E-state index contributed by atoms with van der Waals surface area (Å²) in [5, 5.41) is 10.3. The Morgan fingerprint density at radius 2 is 1.62 bits per heavy atom. The summed E-state index contributed by atoms with van der Waals surface area (Å²) in [7, 11) is -4.81. The second kappa shape index (κ2) is 10.7.